The van der Waals surface area contributed by atoms with Gasteiger partial charge in [0.2, 0.25) is 0 Å². The molecule has 0 aliphatic heterocycles. The highest BCUT2D eigenvalue weighted by atomic mass is 14.0. The van der Waals surface area contributed by atoms with Crippen LogP contribution in [0.2, 0.25) is 0 Å². The highest BCUT2D eigenvalue weighted by molar-refractivity contribution is 5.33. The van der Waals surface area contributed by atoms with Crippen molar-refractivity contribution in [2.24, 2.45) is 0 Å². The van der Waals surface area contributed by atoms with Gasteiger partial charge in [-0.05, 0) is 43.4 Å². The van der Waals surface area contributed by atoms with Crippen LogP contribution >= 0.6 is 0 Å². The molecule has 0 spiro atoms. The first-order chi connectivity index (χ1) is 7.71. The molecule has 0 amide bonds. The van der Waals surface area contributed by atoms with E-state index in [4.69, 9.17) is 0 Å². The van der Waals surface area contributed by atoms with E-state index >= 15 is 0 Å². The molecule has 1 aromatic carbocycles. The zero-order chi connectivity index (χ0) is 13.0. The third-order valence-corrected chi connectivity index (χ3v) is 2.32. The summed E-state index contributed by atoms with van der Waals surface area (Å²) in [5, 5.41) is 0. The topological polar surface area (TPSA) is 0 Å². The standard InChI is InChI=1S/C11H16.C3H6.C2H6/c1-4-10-7-6-8-11(5-2)9(10)3;1-3-2;1-2/h6-8H,4-5H2,1-3H3;3H,1H2,2H3;1-2H3. The summed E-state index contributed by atoms with van der Waals surface area (Å²) >= 11 is 0. The molecular formula is C16H28. The summed E-state index contributed by atoms with van der Waals surface area (Å²) in [5.41, 5.74) is 4.46. The lowest BCUT2D eigenvalue weighted by atomic mass is 9.99. The van der Waals surface area contributed by atoms with Gasteiger partial charge in [0, 0.05) is 0 Å². The van der Waals surface area contributed by atoms with Crippen molar-refractivity contribution in [3.05, 3.63) is 47.5 Å². The minimum atomic E-state index is 1.15. The van der Waals surface area contributed by atoms with Crippen LogP contribution in [0.5, 0.6) is 0 Å². The van der Waals surface area contributed by atoms with Crippen LogP contribution < -0.4 is 0 Å². The summed E-state index contributed by atoms with van der Waals surface area (Å²) < 4.78 is 0. The van der Waals surface area contributed by atoms with Gasteiger partial charge in [0.1, 0.15) is 0 Å². The van der Waals surface area contributed by atoms with Crippen LogP contribution in [-0.4, -0.2) is 0 Å². The average Bonchev–Trinajstić information content (AvgIpc) is 2.33. The fraction of sp³-hybridized carbons (Fsp3) is 0.500. The van der Waals surface area contributed by atoms with E-state index in [-0.39, 0.29) is 0 Å². The molecule has 0 bridgehead atoms. The maximum Gasteiger partial charge on any atom is -0.0305 e. The van der Waals surface area contributed by atoms with Crippen LogP contribution in [0, 0.1) is 6.92 Å². The lowest BCUT2D eigenvalue weighted by Crippen LogP contribution is -1.91. The van der Waals surface area contributed by atoms with Crippen LogP contribution in [-0.2, 0) is 12.8 Å². The Morgan fingerprint density at radius 2 is 1.38 bits per heavy atom. The number of allylic oxidation sites excluding steroid dienone is 1. The SMILES string of the molecule is C=CC.CC.CCc1cccc(CC)c1C. The van der Waals surface area contributed by atoms with Crippen molar-refractivity contribution >= 4 is 0 Å². The van der Waals surface area contributed by atoms with Gasteiger partial charge >= 0.3 is 0 Å². The van der Waals surface area contributed by atoms with Crippen LogP contribution in [0.3, 0.4) is 0 Å². The molecule has 1 aromatic rings. The van der Waals surface area contributed by atoms with E-state index < -0.39 is 0 Å². The van der Waals surface area contributed by atoms with Crippen molar-refractivity contribution in [2.75, 3.05) is 0 Å². The summed E-state index contributed by atoms with van der Waals surface area (Å²) in [7, 11) is 0. The minimum Gasteiger partial charge on any atom is -0.103 e. The van der Waals surface area contributed by atoms with E-state index in [0.29, 0.717) is 0 Å². The van der Waals surface area contributed by atoms with Gasteiger partial charge in [-0.3, -0.25) is 0 Å². The Labute approximate surface area is 102 Å². The molecular weight excluding hydrogens is 192 g/mol. The first-order valence-corrected chi connectivity index (χ1v) is 6.35. The molecule has 0 aliphatic carbocycles. The lowest BCUT2D eigenvalue weighted by molar-refractivity contribution is 1.05. The van der Waals surface area contributed by atoms with E-state index in [2.05, 4.69) is 45.5 Å². The number of hydrogen-bond donors (Lipinski definition) is 0. The zero-order valence-corrected chi connectivity index (χ0v) is 11.9. The van der Waals surface area contributed by atoms with Crippen molar-refractivity contribution in [1.82, 2.24) is 0 Å². The Morgan fingerprint density at radius 3 is 1.62 bits per heavy atom. The van der Waals surface area contributed by atoms with Gasteiger partial charge in [-0.2, -0.15) is 0 Å². The fourth-order valence-electron chi connectivity index (χ4n) is 1.50. The Morgan fingerprint density at radius 1 is 1.06 bits per heavy atom. The Kier molecular flexibility index (Phi) is 13.1. The van der Waals surface area contributed by atoms with E-state index in [9.17, 15) is 0 Å². The number of rotatable bonds is 2. The van der Waals surface area contributed by atoms with Crippen molar-refractivity contribution in [1.29, 1.82) is 0 Å². The van der Waals surface area contributed by atoms with Crippen LogP contribution in [0.15, 0.2) is 30.9 Å². The van der Waals surface area contributed by atoms with Crippen LogP contribution in [0.25, 0.3) is 0 Å². The van der Waals surface area contributed by atoms with Crippen LogP contribution in [0.4, 0.5) is 0 Å². The van der Waals surface area contributed by atoms with E-state index in [1.807, 2.05) is 20.8 Å². The maximum atomic E-state index is 3.36. The van der Waals surface area contributed by atoms with Crippen molar-refractivity contribution in [2.45, 2.75) is 54.4 Å². The number of hydrogen-bond acceptors (Lipinski definition) is 0. The molecule has 0 saturated heterocycles. The quantitative estimate of drug-likeness (QED) is 0.590. The molecule has 1 rings (SSSR count). The molecule has 92 valence electrons. The third kappa shape index (κ3) is 6.44. The Hall–Kier alpha value is -1.04. The van der Waals surface area contributed by atoms with E-state index in [1.54, 1.807) is 6.08 Å². The molecule has 0 atom stereocenters. The number of aryl methyl sites for hydroxylation is 2. The first kappa shape index (κ1) is 17.4. The molecule has 0 heteroatoms. The predicted molar refractivity (Wildman–Crippen MR) is 77.2 cm³/mol. The van der Waals surface area contributed by atoms with Gasteiger partial charge in [0.05, 0.1) is 0 Å². The summed E-state index contributed by atoms with van der Waals surface area (Å²) in [6, 6.07) is 6.59. The largest absolute Gasteiger partial charge is 0.103 e. The highest BCUT2D eigenvalue weighted by Crippen LogP contribution is 2.14. The van der Waals surface area contributed by atoms with Crippen molar-refractivity contribution < 1.29 is 0 Å². The first-order valence-electron chi connectivity index (χ1n) is 6.35. The molecule has 0 unspecified atom stereocenters. The second kappa shape index (κ2) is 12.0. The van der Waals surface area contributed by atoms with Gasteiger partial charge in [0.15, 0.2) is 0 Å². The third-order valence-electron chi connectivity index (χ3n) is 2.32. The minimum absolute atomic E-state index is 1.15. The summed E-state index contributed by atoms with van der Waals surface area (Å²) in [6.07, 6.45) is 4.05. The van der Waals surface area contributed by atoms with Gasteiger partial charge in [-0.15, -0.1) is 6.58 Å². The molecule has 16 heavy (non-hydrogen) atoms. The summed E-state index contributed by atoms with van der Waals surface area (Å²) in [6.45, 7) is 15.9. The Balaban J connectivity index is 0. The molecule has 0 heterocycles. The molecule has 0 N–H and O–H groups in total. The zero-order valence-electron chi connectivity index (χ0n) is 11.9. The average molecular weight is 220 g/mol. The van der Waals surface area contributed by atoms with Gasteiger partial charge in [0.25, 0.3) is 0 Å². The Bertz CT molecular complexity index is 249. The highest BCUT2D eigenvalue weighted by Gasteiger charge is 1.98. The lowest BCUT2D eigenvalue weighted by Gasteiger charge is -2.06. The maximum absolute atomic E-state index is 3.36. The number of benzene rings is 1. The predicted octanol–water partition coefficient (Wildman–Crippen LogP) is 5.34. The second-order valence-corrected chi connectivity index (χ2v) is 3.32. The summed E-state index contributed by atoms with van der Waals surface area (Å²) in [5.74, 6) is 0. The second-order valence-electron chi connectivity index (χ2n) is 3.32. The van der Waals surface area contributed by atoms with Crippen LogP contribution in [0.1, 0.15) is 51.3 Å². The fourth-order valence-corrected chi connectivity index (χ4v) is 1.50. The molecule has 0 aromatic heterocycles. The molecule has 0 aliphatic rings. The van der Waals surface area contributed by atoms with Gasteiger partial charge < -0.3 is 0 Å². The smallest absolute Gasteiger partial charge is 0.0305 e. The van der Waals surface area contributed by atoms with Gasteiger partial charge in [-0.25, -0.2) is 0 Å². The monoisotopic (exact) mass is 220 g/mol. The normalized spacial score (nSPS) is 8.12. The van der Waals surface area contributed by atoms with Gasteiger partial charge in [-0.1, -0.05) is 52.0 Å². The van der Waals surface area contributed by atoms with Crippen molar-refractivity contribution in [3.8, 4) is 0 Å². The summed E-state index contributed by atoms with van der Waals surface area (Å²) in [4.78, 5) is 0. The van der Waals surface area contributed by atoms with Crippen molar-refractivity contribution in [3.63, 3.8) is 0 Å². The molecule has 0 radical (unpaired) electrons. The van der Waals surface area contributed by atoms with E-state index in [0.717, 1.165) is 12.8 Å². The van der Waals surface area contributed by atoms with E-state index in [1.165, 1.54) is 16.7 Å². The molecule has 0 nitrogen and oxygen atoms in total. The molecule has 0 fully saturated rings. The molecule has 0 saturated carbocycles.